The van der Waals surface area contributed by atoms with Crippen molar-refractivity contribution in [1.82, 2.24) is 10.2 Å². The summed E-state index contributed by atoms with van der Waals surface area (Å²) in [4.78, 5) is 0. The minimum atomic E-state index is -0.230. The Morgan fingerprint density at radius 2 is 1.88 bits per heavy atom. The number of nitrogens with zero attached hydrogens (tertiary/aromatic N) is 2. The second-order valence-electron chi connectivity index (χ2n) is 4.26. The second kappa shape index (κ2) is 8.34. The van der Waals surface area contributed by atoms with Crippen LogP contribution in [0.4, 0.5) is 6.01 Å². The van der Waals surface area contributed by atoms with Gasteiger partial charge in [0.2, 0.25) is 5.89 Å². The van der Waals surface area contributed by atoms with E-state index in [1.807, 2.05) is 6.92 Å². The van der Waals surface area contributed by atoms with Crippen LogP contribution < -0.4 is 5.32 Å². The van der Waals surface area contributed by atoms with E-state index < -0.39 is 0 Å². The first-order valence-electron chi connectivity index (χ1n) is 6.45. The van der Waals surface area contributed by atoms with Gasteiger partial charge in [-0.1, -0.05) is 44.1 Å². The maximum atomic E-state index is 5.82. The van der Waals surface area contributed by atoms with Crippen LogP contribution in [0.2, 0.25) is 0 Å². The molecule has 1 rings (SSSR count). The lowest BCUT2D eigenvalue weighted by Crippen LogP contribution is -2.01. The van der Waals surface area contributed by atoms with Crippen LogP contribution in [-0.2, 0) is 0 Å². The number of unbranched alkanes of at least 4 members (excludes halogenated alkanes) is 5. The van der Waals surface area contributed by atoms with Gasteiger partial charge in [-0.25, -0.2) is 0 Å². The molecule has 1 atom stereocenters. The predicted octanol–water partition coefficient (Wildman–Crippen LogP) is 4.14. The molecule has 0 aliphatic heterocycles. The largest absolute Gasteiger partial charge is 0.407 e. The van der Waals surface area contributed by atoms with Crippen LogP contribution in [0.25, 0.3) is 0 Å². The molecule has 0 aliphatic carbocycles. The molecule has 0 spiro atoms. The molecule has 0 bridgehead atoms. The summed E-state index contributed by atoms with van der Waals surface area (Å²) in [6.45, 7) is 4.92. The maximum Gasteiger partial charge on any atom is 0.315 e. The van der Waals surface area contributed by atoms with E-state index in [0.717, 1.165) is 13.0 Å². The molecule has 0 saturated carbocycles. The van der Waals surface area contributed by atoms with E-state index >= 15 is 0 Å². The highest BCUT2D eigenvalue weighted by molar-refractivity contribution is 6.20. The molecular formula is C12H22ClN3O. The number of nitrogens with one attached hydrogen (secondary N) is 1. The van der Waals surface area contributed by atoms with Gasteiger partial charge in [-0.2, -0.15) is 0 Å². The van der Waals surface area contributed by atoms with E-state index in [0.29, 0.717) is 11.9 Å². The number of aromatic nitrogens is 2. The summed E-state index contributed by atoms with van der Waals surface area (Å²) < 4.78 is 5.32. The highest BCUT2D eigenvalue weighted by atomic mass is 35.5. The Morgan fingerprint density at radius 1 is 1.18 bits per heavy atom. The fourth-order valence-electron chi connectivity index (χ4n) is 1.57. The van der Waals surface area contributed by atoms with Crippen molar-refractivity contribution < 1.29 is 4.42 Å². The maximum absolute atomic E-state index is 5.82. The van der Waals surface area contributed by atoms with Crippen LogP contribution in [0.1, 0.15) is 63.6 Å². The fourth-order valence-corrected chi connectivity index (χ4v) is 1.66. The summed E-state index contributed by atoms with van der Waals surface area (Å²) in [5.41, 5.74) is 0. The van der Waals surface area contributed by atoms with E-state index in [1.165, 1.54) is 32.1 Å². The number of anilines is 1. The van der Waals surface area contributed by atoms with Crippen LogP contribution in [-0.4, -0.2) is 16.7 Å². The molecule has 1 aromatic heterocycles. The molecule has 0 aromatic carbocycles. The minimum Gasteiger partial charge on any atom is -0.407 e. The van der Waals surface area contributed by atoms with Gasteiger partial charge in [0.15, 0.2) is 0 Å². The van der Waals surface area contributed by atoms with Crippen molar-refractivity contribution in [1.29, 1.82) is 0 Å². The third kappa shape index (κ3) is 5.91. The Bertz CT molecular complexity index is 302. The molecule has 17 heavy (non-hydrogen) atoms. The van der Waals surface area contributed by atoms with Crippen molar-refractivity contribution >= 4 is 17.6 Å². The zero-order valence-corrected chi connectivity index (χ0v) is 11.5. The van der Waals surface area contributed by atoms with Crippen LogP contribution >= 0.6 is 11.6 Å². The summed E-state index contributed by atoms with van der Waals surface area (Å²) in [7, 11) is 0. The quantitative estimate of drug-likeness (QED) is 0.535. The van der Waals surface area contributed by atoms with Gasteiger partial charge < -0.3 is 9.73 Å². The number of hydrogen-bond acceptors (Lipinski definition) is 4. The Hall–Kier alpha value is -0.770. The van der Waals surface area contributed by atoms with E-state index in [1.54, 1.807) is 0 Å². The zero-order valence-electron chi connectivity index (χ0n) is 10.7. The lowest BCUT2D eigenvalue weighted by atomic mass is 10.1. The molecule has 0 saturated heterocycles. The summed E-state index contributed by atoms with van der Waals surface area (Å²) >= 11 is 5.82. The molecule has 5 heteroatoms. The van der Waals surface area contributed by atoms with Crippen LogP contribution in [0.15, 0.2) is 4.42 Å². The number of hydrogen-bond donors (Lipinski definition) is 1. The molecule has 0 radical (unpaired) electrons. The molecule has 1 N–H and O–H groups in total. The van der Waals surface area contributed by atoms with Crippen molar-refractivity contribution in [2.45, 2.75) is 57.7 Å². The topological polar surface area (TPSA) is 51.0 Å². The number of halogens is 1. The Balaban J connectivity index is 2.05. The van der Waals surface area contributed by atoms with Gasteiger partial charge in [-0.05, 0) is 13.3 Å². The highest BCUT2D eigenvalue weighted by Crippen LogP contribution is 2.19. The van der Waals surface area contributed by atoms with E-state index in [4.69, 9.17) is 16.0 Å². The van der Waals surface area contributed by atoms with Gasteiger partial charge >= 0.3 is 6.01 Å². The van der Waals surface area contributed by atoms with Gasteiger partial charge in [0.25, 0.3) is 0 Å². The van der Waals surface area contributed by atoms with E-state index in [-0.39, 0.29) is 5.38 Å². The normalized spacial score (nSPS) is 12.6. The molecule has 98 valence electrons. The summed E-state index contributed by atoms with van der Waals surface area (Å²) in [6.07, 6.45) is 7.67. The summed E-state index contributed by atoms with van der Waals surface area (Å²) in [5.74, 6) is 0.470. The van der Waals surface area contributed by atoms with Gasteiger partial charge in [0, 0.05) is 6.54 Å². The third-order valence-corrected chi connectivity index (χ3v) is 2.77. The van der Waals surface area contributed by atoms with E-state index in [9.17, 15) is 0 Å². The first-order chi connectivity index (χ1) is 8.24. The zero-order chi connectivity index (χ0) is 12.5. The minimum absolute atomic E-state index is 0.230. The molecule has 0 amide bonds. The molecule has 4 nitrogen and oxygen atoms in total. The highest BCUT2D eigenvalue weighted by Gasteiger charge is 2.10. The van der Waals surface area contributed by atoms with Crippen molar-refractivity contribution in [2.75, 3.05) is 11.9 Å². The van der Waals surface area contributed by atoms with Crippen molar-refractivity contribution in [3.05, 3.63) is 5.89 Å². The Morgan fingerprint density at radius 3 is 2.53 bits per heavy atom. The lowest BCUT2D eigenvalue weighted by molar-refractivity contribution is 0.504. The SMILES string of the molecule is CCCCCCCCNc1nnc(C(C)Cl)o1. The summed E-state index contributed by atoms with van der Waals surface area (Å²) in [6, 6.07) is 0.473. The van der Waals surface area contributed by atoms with Gasteiger partial charge in [-0.3, -0.25) is 0 Å². The first kappa shape index (κ1) is 14.3. The monoisotopic (exact) mass is 259 g/mol. The molecule has 0 fully saturated rings. The second-order valence-corrected chi connectivity index (χ2v) is 4.91. The average Bonchev–Trinajstić information content (AvgIpc) is 2.77. The third-order valence-electron chi connectivity index (χ3n) is 2.59. The lowest BCUT2D eigenvalue weighted by Gasteiger charge is -2.01. The van der Waals surface area contributed by atoms with Crippen molar-refractivity contribution in [3.63, 3.8) is 0 Å². The van der Waals surface area contributed by atoms with E-state index in [2.05, 4.69) is 22.4 Å². The predicted molar refractivity (Wildman–Crippen MR) is 70.4 cm³/mol. The van der Waals surface area contributed by atoms with Crippen LogP contribution in [0.5, 0.6) is 0 Å². The Kier molecular flexibility index (Phi) is 7.01. The molecular weight excluding hydrogens is 238 g/mol. The molecule has 0 aliphatic rings. The standard InChI is InChI=1S/C12H22ClN3O/c1-3-4-5-6-7-8-9-14-12-16-15-11(17-12)10(2)13/h10H,3-9H2,1-2H3,(H,14,16). The van der Waals surface area contributed by atoms with Crippen molar-refractivity contribution in [3.8, 4) is 0 Å². The molecule has 1 aromatic rings. The summed E-state index contributed by atoms with van der Waals surface area (Å²) in [5, 5.41) is 10.6. The van der Waals surface area contributed by atoms with Crippen LogP contribution in [0.3, 0.4) is 0 Å². The average molecular weight is 260 g/mol. The van der Waals surface area contributed by atoms with Crippen LogP contribution in [0, 0.1) is 0 Å². The Labute approximate surface area is 108 Å². The fraction of sp³-hybridized carbons (Fsp3) is 0.833. The molecule has 1 heterocycles. The smallest absolute Gasteiger partial charge is 0.315 e. The van der Waals surface area contributed by atoms with Crippen molar-refractivity contribution in [2.24, 2.45) is 0 Å². The number of alkyl halides is 1. The van der Waals surface area contributed by atoms with Gasteiger partial charge in [-0.15, -0.1) is 16.7 Å². The van der Waals surface area contributed by atoms with Gasteiger partial charge in [0.1, 0.15) is 5.38 Å². The first-order valence-corrected chi connectivity index (χ1v) is 6.89. The number of rotatable bonds is 9. The van der Waals surface area contributed by atoms with Gasteiger partial charge in [0.05, 0.1) is 0 Å². The molecule has 1 unspecified atom stereocenters.